The van der Waals surface area contributed by atoms with Crippen LogP contribution >= 0.6 is 0 Å². The summed E-state index contributed by atoms with van der Waals surface area (Å²) in [4.78, 5) is 0. The number of benzene rings is 2. The number of aromatic nitrogens is 1. The molecule has 0 N–H and O–H groups in total. The summed E-state index contributed by atoms with van der Waals surface area (Å²) in [5, 5.41) is 4.69. The van der Waals surface area contributed by atoms with Gasteiger partial charge in [-0.05, 0) is 12.1 Å². The highest BCUT2D eigenvalue weighted by molar-refractivity contribution is 6.12. The molecule has 2 nitrogen and oxygen atoms in total. The van der Waals surface area contributed by atoms with Crippen molar-refractivity contribution in [3.05, 3.63) is 96.3 Å². The predicted molar refractivity (Wildman–Crippen MR) is 78.4 cm³/mol. The number of rotatable bonds is 3. The van der Waals surface area contributed by atoms with E-state index in [1.807, 2.05) is 65.6 Å². The summed E-state index contributed by atoms with van der Waals surface area (Å²) in [6.07, 6.45) is 3.87. The standard InChI is InChI=1S/C17H14N2/c1-3-9-15(10-4-1)17(16-11-5-2-6-12-16)18-19-13-7-8-14-19/h1-14H. The highest BCUT2D eigenvalue weighted by Gasteiger charge is 2.06. The van der Waals surface area contributed by atoms with Gasteiger partial charge in [-0.25, -0.2) is 4.68 Å². The fourth-order valence-corrected chi connectivity index (χ4v) is 1.98. The van der Waals surface area contributed by atoms with Gasteiger partial charge in [0, 0.05) is 23.5 Å². The van der Waals surface area contributed by atoms with E-state index in [0.717, 1.165) is 16.8 Å². The van der Waals surface area contributed by atoms with Crippen molar-refractivity contribution in [1.29, 1.82) is 0 Å². The molecule has 0 fully saturated rings. The Morgan fingerprint density at radius 3 is 1.58 bits per heavy atom. The molecule has 0 aliphatic rings. The summed E-state index contributed by atoms with van der Waals surface area (Å²) in [6.45, 7) is 0. The first-order valence-corrected chi connectivity index (χ1v) is 6.26. The van der Waals surface area contributed by atoms with E-state index in [1.165, 1.54) is 0 Å². The summed E-state index contributed by atoms with van der Waals surface area (Å²) >= 11 is 0. The van der Waals surface area contributed by atoms with Crippen molar-refractivity contribution in [1.82, 2.24) is 4.68 Å². The summed E-state index contributed by atoms with van der Waals surface area (Å²) in [5.41, 5.74) is 3.20. The van der Waals surface area contributed by atoms with Crippen LogP contribution in [-0.4, -0.2) is 10.4 Å². The van der Waals surface area contributed by atoms with Crippen LogP contribution in [0.5, 0.6) is 0 Å². The second kappa shape index (κ2) is 5.36. The fraction of sp³-hybridized carbons (Fsp3) is 0. The molecule has 0 bridgehead atoms. The zero-order chi connectivity index (χ0) is 12.9. The van der Waals surface area contributed by atoms with E-state index in [-0.39, 0.29) is 0 Å². The Balaban J connectivity index is 2.12. The van der Waals surface area contributed by atoms with Gasteiger partial charge >= 0.3 is 0 Å². The summed E-state index contributed by atoms with van der Waals surface area (Å²) < 4.78 is 1.83. The molecule has 0 spiro atoms. The Morgan fingerprint density at radius 1 is 0.632 bits per heavy atom. The third-order valence-corrected chi connectivity index (χ3v) is 2.90. The molecule has 0 unspecified atom stereocenters. The molecule has 19 heavy (non-hydrogen) atoms. The van der Waals surface area contributed by atoms with Gasteiger partial charge in [-0.1, -0.05) is 60.7 Å². The van der Waals surface area contributed by atoms with Gasteiger partial charge in [-0.15, -0.1) is 0 Å². The molecule has 1 aromatic heterocycles. The minimum absolute atomic E-state index is 0.970. The van der Waals surface area contributed by atoms with Crippen LogP contribution in [0, 0.1) is 0 Å². The van der Waals surface area contributed by atoms with Crippen LogP contribution in [0.4, 0.5) is 0 Å². The van der Waals surface area contributed by atoms with Crippen LogP contribution in [0.1, 0.15) is 11.1 Å². The van der Waals surface area contributed by atoms with Gasteiger partial charge in [-0.2, -0.15) is 5.10 Å². The molecule has 3 rings (SSSR count). The van der Waals surface area contributed by atoms with E-state index in [2.05, 4.69) is 24.3 Å². The van der Waals surface area contributed by atoms with E-state index in [0.29, 0.717) is 0 Å². The van der Waals surface area contributed by atoms with Gasteiger partial charge < -0.3 is 0 Å². The molecule has 0 radical (unpaired) electrons. The first-order chi connectivity index (χ1) is 9.43. The van der Waals surface area contributed by atoms with Gasteiger partial charge in [-0.3, -0.25) is 0 Å². The van der Waals surface area contributed by atoms with Crippen molar-refractivity contribution in [2.75, 3.05) is 0 Å². The third kappa shape index (κ3) is 2.63. The van der Waals surface area contributed by atoms with Crippen molar-refractivity contribution in [3.8, 4) is 0 Å². The number of hydrogen-bond acceptors (Lipinski definition) is 1. The van der Waals surface area contributed by atoms with Crippen LogP contribution in [0.25, 0.3) is 0 Å². The van der Waals surface area contributed by atoms with E-state index in [4.69, 9.17) is 5.10 Å². The van der Waals surface area contributed by atoms with Crippen LogP contribution in [0.15, 0.2) is 90.3 Å². The maximum atomic E-state index is 4.69. The van der Waals surface area contributed by atoms with Crippen molar-refractivity contribution < 1.29 is 0 Å². The molecule has 0 amide bonds. The van der Waals surface area contributed by atoms with Gasteiger partial charge in [0.15, 0.2) is 0 Å². The topological polar surface area (TPSA) is 17.3 Å². The molecule has 92 valence electrons. The lowest BCUT2D eigenvalue weighted by atomic mass is 10.0. The molecular formula is C17H14N2. The maximum absolute atomic E-state index is 4.69. The Bertz CT molecular complexity index is 612. The van der Waals surface area contributed by atoms with Gasteiger partial charge in [0.25, 0.3) is 0 Å². The van der Waals surface area contributed by atoms with Crippen molar-refractivity contribution in [3.63, 3.8) is 0 Å². The lowest BCUT2D eigenvalue weighted by molar-refractivity contribution is 0.888. The second-order valence-electron chi connectivity index (χ2n) is 4.24. The molecule has 0 saturated heterocycles. The Morgan fingerprint density at radius 2 is 1.11 bits per heavy atom. The van der Waals surface area contributed by atoms with Crippen LogP contribution < -0.4 is 0 Å². The molecule has 1 heterocycles. The first-order valence-electron chi connectivity index (χ1n) is 6.26. The van der Waals surface area contributed by atoms with Crippen LogP contribution in [-0.2, 0) is 0 Å². The SMILES string of the molecule is c1ccc(C(=Nn2cccc2)c2ccccc2)cc1. The zero-order valence-electron chi connectivity index (χ0n) is 10.5. The van der Waals surface area contributed by atoms with Gasteiger partial charge in [0.05, 0.1) is 5.71 Å². The fourth-order valence-electron chi connectivity index (χ4n) is 1.98. The highest BCUT2D eigenvalue weighted by atomic mass is 15.3. The van der Waals surface area contributed by atoms with Gasteiger partial charge in [0.1, 0.15) is 0 Å². The molecule has 0 atom stereocenters. The predicted octanol–water partition coefficient (Wildman–Crippen LogP) is 3.79. The molecular weight excluding hydrogens is 232 g/mol. The molecule has 0 aliphatic carbocycles. The monoisotopic (exact) mass is 246 g/mol. The Hall–Kier alpha value is -2.61. The summed E-state index contributed by atoms with van der Waals surface area (Å²) in [5.74, 6) is 0. The second-order valence-corrected chi connectivity index (χ2v) is 4.24. The van der Waals surface area contributed by atoms with Gasteiger partial charge in [0.2, 0.25) is 0 Å². The Kier molecular flexibility index (Phi) is 3.24. The largest absolute Gasteiger partial charge is 0.248 e. The minimum atomic E-state index is 0.970. The molecule has 2 aromatic carbocycles. The lowest BCUT2D eigenvalue weighted by Crippen LogP contribution is -2.05. The molecule has 3 aromatic rings. The van der Waals surface area contributed by atoms with E-state index < -0.39 is 0 Å². The average Bonchev–Trinajstić information content (AvgIpc) is 3.00. The quantitative estimate of drug-likeness (QED) is 0.626. The van der Waals surface area contributed by atoms with Crippen LogP contribution in [0.3, 0.4) is 0 Å². The van der Waals surface area contributed by atoms with Crippen molar-refractivity contribution in [2.24, 2.45) is 5.10 Å². The van der Waals surface area contributed by atoms with E-state index >= 15 is 0 Å². The normalized spacial score (nSPS) is 10.1. The first kappa shape index (κ1) is 11.5. The third-order valence-electron chi connectivity index (χ3n) is 2.90. The van der Waals surface area contributed by atoms with E-state index in [9.17, 15) is 0 Å². The summed E-state index contributed by atoms with van der Waals surface area (Å²) in [6, 6.07) is 24.4. The molecule has 0 aliphatic heterocycles. The number of hydrogen-bond donors (Lipinski definition) is 0. The zero-order valence-corrected chi connectivity index (χ0v) is 10.5. The molecule has 2 heteroatoms. The highest BCUT2D eigenvalue weighted by Crippen LogP contribution is 2.11. The molecule has 0 saturated carbocycles. The minimum Gasteiger partial charge on any atom is -0.248 e. The lowest BCUT2D eigenvalue weighted by Gasteiger charge is -2.07. The summed E-state index contributed by atoms with van der Waals surface area (Å²) in [7, 11) is 0. The van der Waals surface area contributed by atoms with Crippen molar-refractivity contribution in [2.45, 2.75) is 0 Å². The smallest absolute Gasteiger partial charge is 0.0984 e. The maximum Gasteiger partial charge on any atom is 0.0984 e. The van der Waals surface area contributed by atoms with E-state index in [1.54, 1.807) is 0 Å². The number of nitrogens with zero attached hydrogens (tertiary/aromatic N) is 2. The van der Waals surface area contributed by atoms with Crippen LogP contribution in [0.2, 0.25) is 0 Å². The average molecular weight is 246 g/mol. The Labute approximate surface area is 112 Å². The van der Waals surface area contributed by atoms with Crippen molar-refractivity contribution >= 4 is 5.71 Å².